The third-order valence-electron chi connectivity index (χ3n) is 7.04. The number of aliphatic hydroxyl groups is 1. The number of piperidine rings is 1. The van der Waals surface area contributed by atoms with Crippen LogP contribution in [0.2, 0.25) is 0 Å². The van der Waals surface area contributed by atoms with Gasteiger partial charge in [0.2, 0.25) is 5.91 Å². The van der Waals surface area contributed by atoms with Gasteiger partial charge in [0.25, 0.3) is 0 Å². The SMILES string of the molecule is CC1(C(=O)N2CCC(Cn3cc(CN4CC[C@H](O)C4)nn3)CC2)CCCCC1. The Morgan fingerprint density at radius 2 is 1.93 bits per heavy atom. The third-order valence-corrected chi connectivity index (χ3v) is 7.04. The number of aromatic nitrogens is 3. The average molecular weight is 390 g/mol. The summed E-state index contributed by atoms with van der Waals surface area (Å²) < 4.78 is 1.96. The summed E-state index contributed by atoms with van der Waals surface area (Å²) >= 11 is 0. The van der Waals surface area contributed by atoms with Gasteiger partial charge in [0, 0.05) is 50.9 Å². The Hall–Kier alpha value is -1.47. The first-order valence-electron chi connectivity index (χ1n) is 11.1. The number of likely N-dealkylation sites (tertiary alicyclic amines) is 2. The molecule has 0 aromatic carbocycles. The molecule has 156 valence electrons. The number of amides is 1. The lowest BCUT2D eigenvalue weighted by Gasteiger charge is -2.40. The van der Waals surface area contributed by atoms with Gasteiger partial charge in [0.1, 0.15) is 0 Å². The number of aliphatic hydroxyl groups excluding tert-OH is 1. The summed E-state index contributed by atoms with van der Waals surface area (Å²) in [5, 5.41) is 18.3. The minimum atomic E-state index is -0.196. The van der Waals surface area contributed by atoms with Crippen LogP contribution in [0.15, 0.2) is 6.20 Å². The normalized spacial score (nSPS) is 26.6. The molecule has 7 nitrogen and oxygen atoms in total. The number of β-amino-alcohol motifs (C(OH)–C–C–N with tert-alkyl or cyclic N) is 1. The van der Waals surface area contributed by atoms with Crippen LogP contribution >= 0.6 is 0 Å². The van der Waals surface area contributed by atoms with Gasteiger partial charge in [-0.3, -0.25) is 14.4 Å². The van der Waals surface area contributed by atoms with Crippen molar-refractivity contribution in [1.29, 1.82) is 0 Å². The van der Waals surface area contributed by atoms with E-state index in [2.05, 4.69) is 27.0 Å². The predicted molar refractivity (Wildman–Crippen MR) is 106 cm³/mol. The highest BCUT2D eigenvalue weighted by Crippen LogP contribution is 2.38. The quantitative estimate of drug-likeness (QED) is 0.834. The molecule has 0 bridgehead atoms. The van der Waals surface area contributed by atoms with Crippen molar-refractivity contribution < 1.29 is 9.90 Å². The molecule has 4 rings (SSSR count). The lowest BCUT2D eigenvalue weighted by Crippen LogP contribution is -2.47. The average Bonchev–Trinajstić information content (AvgIpc) is 3.31. The second kappa shape index (κ2) is 8.49. The monoisotopic (exact) mass is 389 g/mol. The van der Waals surface area contributed by atoms with Gasteiger partial charge in [-0.2, -0.15) is 0 Å². The van der Waals surface area contributed by atoms with Crippen molar-refractivity contribution in [3.05, 3.63) is 11.9 Å². The van der Waals surface area contributed by atoms with Crippen molar-refractivity contribution >= 4 is 5.91 Å². The van der Waals surface area contributed by atoms with E-state index in [-0.39, 0.29) is 11.5 Å². The Labute approximate surface area is 168 Å². The number of hydrogen-bond acceptors (Lipinski definition) is 5. The zero-order chi connectivity index (χ0) is 19.6. The van der Waals surface area contributed by atoms with Crippen LogP contribution in [-0.4, -0.2) is 68.1 Å². The van der Waals surface area contributed by atoms with E-state index in [1.165, 1.54) is 19.3 Å². The molecule has 1 aromatic rings. The molecule has 1 aliphatic carbocycles. The molecule has 2 aliphatic heterocycles. The van der Waals surface area contributed by atoms with E-state index >= 15 is 0 Å². The Morgan fingerprint density at radius 3 is 2.61 bits per heavy atom. The van der Waals surface area contributed by atoms with Crippen LogP contribution < -0.4 is 0 Å². The highest BCUT2D eigenvalue weighted by atomic mass is 16.3. The van der Waals surface area contributed by atoms with Gasteiger partial charge < -0.3 is 10.0 Å². The second-order valence-corrected chi connectivity index (χ2v) is 9.47. The Balaban J connectivity index is 1.24. The Kier molecular flexibility index (Phi) is 6.01. The largest absolute Gasteiger partial charge is 0.392 e. The molecule has 0 radical (unpaired) electrons. The molecular weight excluding hydrogens is 354 g/mol. The van der Waals surface area contributed by atoms with Crippen LogP contribution in [0.5, 0.6) is 0 Å². The number of carbonyl (C=O) groups excluding carboxylic acids is 1. The van der Waals surface area contributed by atoms with Gasteiger partial charge in [-0.1, -0.05) is 31.4 Å². The fourth-order valence-electron chi connectivity index (χ4n) is 5.20. The Morgan fingerprint density at radius 1 is 1.18 bits per heavy atom. The number of hydrogen-bond donors (Lipinski definition) is 1. The van der Waals surface area contributed by atoms with Crippen molar-refractivity contribution in [2.24, 2.45) is 11.3 Å². The molecule has 0 spiro atoms. The second-order valence-electron chi connectivity index (χ2n) is 9.47. The summed E-state index contributed by atoms with van der Waals surface area (Å²) in [6, 6.07) is 0. The van der Waals surface area contributed by atoms with Crippen molar-refractivity contribution in [2.45, 2.75) is 77.5 Å². The van der Waals surface area contributed by atoms with E-state index in [4.69, 9.17) is 0 Å². The van der Waals surface area contributed by atoms with Crippen LogP contribution in [0.1, 0.15) is 64.0 Å². The maximum Gasteiger partial charge on any atom is 0.228 e. The van der Waals surface area contributed by atoms with Crippen LogP contribution in [0.4, 0.5) is 0 Å². The smallest absolute Gasteiger partial charge is 0.228 e. The summed E-state index contributed by atoms with van der Waals surface area (Å²) in [6.07, 6.45) is 10.6. The maximum atomic E-state index is 13.0. The highest BCUT2D eigenvalue weighted by Gasteiger charge is 2.38. The van der Waals surface area contributed by atoms with Crippen LogP contribution in [-0.2, 0) is 17.9 Å². The molecule has 1 amide bonds. The molecule has 1 N–H and O–H groups in total. The summed E-state index contributed by atoms with van der Waals surface area (Å²) in [5.41, 5.74) is 0.863. The van der Waals surface area contributed by atoms with Crippen molar-refractivity contribution in [3.8, 4) is 0 Å². The molecule has 1 saturated carbocycles. The predicted octanol–water partition coefficient (Wildman–Crippen LogP) is 2.05. The Bertz CT molecular complexity index is 662. The topological polar surface area (TPSA) is 74.5 Å². The number of carbonyl (C=O) groups is 1. The summed E-state index contributed by atoms with van der Waals surface area (Å²) in [5.74, 6) is 0.952. The molecule has 1 aromatic heterocycles. The molecule has 28 heavy (non-hydrogen) atoms. The molecule has 1 atom stereocenters. The fourth-order valence-corrected chi connectivity index (χ4v) is 5.20. The fraction of sp³-hybridized carbons (Fsp3) is 0.857. The van der Waals surface area contributed by atoms with Gasteiger partial charge in [0.15, 0.2) is 0 Å². The van der Waals surface area contributed by atoms with Gasteiger partial charge >= 0.3 is 0 Å². The standard InChI is InChI=1S/C21H35N5O2/c1-21(8-3-2-4-9-21)20(28)25-11-5-17(6-12-25)13-26-15-18(22-23-26)14-24-10-7-19(27)16-24/h15,17,19,27H,2-14,16H2,1H3/t19-/m0/s1. The third kappa shape index (κ3) is 4.57. The first-order valence-corrected chi connectivity index (χ1v) is 11.1. The number of rotatable bonds is 5. The number of nitrogens with zero attached hydrogens (tertiary/aromatic N) is 5. The molecule has 0 unspecified atom stereocenters. The highest BCUT2D eigenvalue weighted by molar-refractivity contribution is 5.82. The van der Waals surface area contributed by atoms with Gasteiger partial charge in [-0.05, 0) is 38.0 Å². The zero-order valence-electron chi connectivity index (χ0n) is 17.2. The van der Waals surface area contributed by atoms with Gasteiger partial charge in [-0.25, -0.2) is 0 Å². The van der Waals surface area contributed by atoms with Crippen molar-refractivity contribution in [2.75, 3.05) is 26.2 Å². The van der Waals surface area contributed by atoms with E-state index in [0.717, 1.165) is 77.1 Å². The molecular formula is C21H35N5O2. The summed E-state index contributed by atoms with van der Waals surface area (Å²) in [6.45, 7) is 7.25. The van der Waals surface area contributed by atoms with Crippen molar-refractivity contribution in [3.63, 3.8) is 0 Å². The zero-order valence-corrected chi connectivity index (χ0v) is 17.2. The van der Waals surface area contributed by atoms with Crippen LogP contribution in [0.3, 0.4) is 0 Å². The minimum Gasteiger partial charge on any atom is -0.392 e. The van der Waals surface area contributed by atoms with E-state index in [9.17, 15) is 9.90 Å². The lowest BCUT2D eigenvalue weighted by atomic mass is 9.74. The van der Waals surface area contributed by atoms with Crippen molar-refractivity contribution in [1.82, 2.24) is 24.8 Å². The molecule has 3 fully saturated rings. The van der Waals surface area contributed by atoms with Gasteiger partial charge in [0.05, 0.1) is 11.8 Å². The molecule has 7 heteroatoms. The summed E-state index contributed by atoms with van der Waals surface area (Å²) in [4.78, 5) is 17.4. The van der Waals surface area contributed by atoms with Crippen LogP contribution in [0.25, 0.3) is 0 Å². The first kappa shape index (κ1) is 19.8. The van der Waals surface area contributed by atoms with Gasteiger partial charge in [-0.15, -0.1) is 5.10 Å². The first-order chi connectivity index (χ1) is 13.5. The van der Waals surface area contributed by atoms with E-state index in [1.807, 2.05) is 10.9 Å². The molecule has 2 saturated heterocycles. The van der Waals surface area contributed by atoms with E-state index < -0.39 is 0 Å². The molecule has 3 heterocycles. The van der Waals surface area contributed by atoms with E-state index in [1.54, 1.807) is 0 Å². The molecule has 3 aliphatic rings. The van der Waals surface area contributed by atoms with Crippen LogP contribution in [0, 0.1) is 11.3 Å². The van der Waals surface area contributed by atoms with E-state index in [0.29, 0.717) is 11.8 Å². The maximum absolute atomic E-state index is 13.0. The summed E-state index contributed by atoms with van der Waals surface area (Å²) in [7, 11) is 0. The minimum absolute atomic E-state index is 0.116. The lowest BCUT2D eigenvalue weighted by molar-refractivity contribution is -0.144.